The Bertz CT molecular complexity index is 199. The van der Waals surface area contributed by atoms with Crippen LogP contribution in [0.4, 0.5) is 4.79 Å². The van der Waals surface area contributed by atoms with Crippen LogP contribution in [-0.2, 0) is 4.74 Å². The summed E-state index contributed by atoms with van der Waals surface area (Å²) in [6.45, 7) is 0.274. The number of hydrogen-bond acceptors (Lipinski definition) is 3. The van der Waals surface area contributed by atoms with E-state index in [1.54, 1.807) is 6.20 Å². The Hall–Kier alpha value is -1.45. The number of rotatable bonds is 2. The highest BCUT2D eigenvalue weighted by molar-refractivity contribution is 5.64. The van der Waals surface area contributed by atoms with Crippen molar-refractivity contribution < 1.29 is 9.53 Å². The summed E-state index contributed by atoms with van der Waals surface area (Å²) in [5.74, 6) is 0. The molecule has 0 fully saturated rings. The Morgan fingerprint density at radius 2 is 2.45 bits per heavy atom. The zero-order valence-electron chi connectivity index (χ0n) is 5.99. The van der Waals surface area contributed by atoms with Crippen molar-refractivity contribution >= 4 is 6.09 Å². The second-order valence-corrected chi connectivity index (χ2v) is 2.15. The van der Waals surface area contributed by atoms with Gasteiger partial charge in [-0.15, -0.1) is 0 Å². The normalized spacial score (nSPS) is 20.9. The van der Waals surface area contributed by atoms with E-state index in [9.17, 15) is 4.79 Å². The molecule has 0 spiro atoms. The molecule has 0 saturated heterocycles. The minimum Gasteiger partial charge on any atom is -0.447 e. The third kappa shape index (κ3) is 2.75. The van der Waals surface area contributed by atoms with Gasteiger partial charge in [0.25, 0.3) is 0 Å². The third-order valence-corrected chi connectivity index (χ3v) is 1.27. The van der Waals surface area contributed by atoms with Gasteiger partial charge in [-0.25, -0.2) is 4.79 Å². The molecular formula is C7H10N2O2. The van der Waals surface area contributed by atoms with E-state index in [1.165, 1.54) is 0 Å². The summed E-state index contributed by atoms with van der Waals surface area (Å²) >= 11 is 0. The van der Waals surface area contributed by atoms with Crippen LogP contribution in [0.2, 0.25) is 0 Å². The second-order valence-electron chi connectivity index (χ2n) is 2.15. The monoisotopic (exact) mass is 154 g/mol. The number of hydrogen-bond donors (Lipinski definition) is 2. The molecule has 1 atom stereocenters. The maximum Gasteiger partial charge on any atom is 0.404 e. The van der Waals surface area contributed by atoms with Crippen molar-refractivity contribution in [2.24, 2.45) is 5.73 Å². The van der Waals surface area contributed by atoms with Crippen LogP contribution >= 0.6 is 0 Å². The number of primary amides is 1. The minimum atomic E-state index is -0.741. The number of nitrogens with one attached hydrogen (secondary N) is 1. The molecule has 1 unspecified atom stereocenters. The highest BCUT2D eigenvalue weighted by Crippen LogP contribution is 1.94. The van der Waals surface area contributed by atoms with Crippen molar-refractivity contribution in [3.8, 4) is 0 Å². The van der Waals surface area contributed by atoms with Crippen molar-refractivity contribution in [3.63, 3.8) is 0 Å². The third-order valence-electron chi connectivity index (χ3n) is 1.27. The van der Waals surface area contributed by atoms with Gasteiger partial charge in [0.15, 0.2) is 0 Å². The molecule has 0 aromatic carbocycles. The molecule has 1 heterocycles. The van der Waals surface area contributed by atoms with Gasteiger partial charge in [0.2, 0.25) is 0 Å². The molecular weight excluding hydrogens is 144 g/mol. The van der Waals surface area contributed by atoms with E-state index in [-0.39, 0.29) is 12.6 Å². The Balaban J connectivity index is 2.22. The van der Waals surface area contributed by atoms with Crippen LogP contribution in [0.15, 0.2) is 24.4 Å². The van der Waals surface area contributed by atoms with Crippen LogP contribution in [0.1, 0.15) is 0 Å². The van der Waals surface area contributed by atoms with Gasteiger partial charge in [-0.2, -0.15) is 0 Å². The van der Waals surface area contributed by atoms with Gasteiger partial charge in [-0.05, 0) is 12.3 Å². The minimum absolute atomic E-state index is 0.0486. The molecule has 0 radical (unpaired) electrons. The SMILES string of the molecule is NC(=O)OCC1C=CC=CN1. The molecule has 0 saturated carbocycles. The molecule has 4 nitrogen and oxygen atoms in total. The molecule has 1 rings (SSSR count). The molecule has 0 bridgehead atoms. The average molecular weight is 154 g/mol. The van der Waals surface area contributed by atoms with Gasteiger partial charge in [0.1, 0.15) is 6.61 Å². The lowest BCUT2D eigenvalue weighted by Crippen LogP contribution is -2.31. The number of carbonyl (C=O) groups excluding carboxylic acids is 1. The Labute approximate surface area is 64.7 Å². The Kier molecular flexibility index (Phi) is 2.54. The van der Waals surface area contributed by atoms with E-state index in [1.807, 2.05) is 18.2 Å². The lowest BCUT2D eigenvalue weighted by molar-refractivity contribution is 0.151. The summed E-state index contributed by atoms with van der Waals surface area (Å²) in [7, 11) is 0. The fourth-order valence-electron chi connectivity index (χ4n) is 0.764. The second kappa shape index (κ2) is 3.65. The first-order chi connectivity index (χ1) is 5.29. The Morgan fingerprint density at radius 3 is 3.00 bits per heavy atom. The molecule has 3 N–H and O–H groups in total. The number of allylic oxidation sites excluding steroid dienone is 2. The fourth-order valence-corrected chi connectivity index (χ4v) is 0.764. The quantitative estimate of drug-likeness (QED) is 0.594. The highest BCUT2D eigenvalue weighted by Gasteiger charge is 2.05. The van der Waals surface area contributed by atoms with Crippen molar-refractivity contribution in [2.45, 2.75) is 6.04 Å². The van der Waals surface area contributed by atoms with Crippen LogP contribution in [0.3, 0.4) is 0 Å². The summed E-state index contributed by atoms with van der Waals surface area (Å²) in [6, 6.07) is 0.0486. The molecule has 0 aromatic rings. The molecule has 0 aliphatic carbocycles. The van der Waals surface area contributed by atoms with Crippen molar-refractivity contribution in [2.75, 3.05) is 6.61 Å². The molecule has 0 aromatic heterocycles. The summed E-state index contributed by atoms with van der Waals surface area (Å²) < 4.78 is 4.57. The van der Waals surface area contributed by atoms with E-state index < -0.39 is 6.09 Å². The van der Waals surface area contributed by atoms with Crippen molar-refractivity contribution in [3.05, 3.63) is 24.4 Å². The lowest BCUT2D eigenvalue weighted by Gasteiger charge is -2.14. The van der Waals surface area contributed by atoms with Crippen LogP contribution < -0.4 is 11.1 Å². The van der Waals surface area contributed by atoms with Crippen molar-refractivity contribution in [1.29, 1.82) is 0 Å². The number of ether oxygens (including phenoxy) is 1. The molecule has 1 amide bonds. The summed E-state index contributed by atoms with van der Waals surface area (Å²) in [5, 5.41) is 2.97. The summed E-state index contributed by atoms with van der Waals surface area (Å²) in [4.78, 5) is 10.2. The molecule has 4 heteroatoms. The van der Waals surface area contributed by atoms with E-state index in [4.69, 9.17) is 5.73 Å². The Morgan fingerprint density at radius 1 is 1.64 bits per heavy atom. The average Bonchev–Trinajstić information content (AvgIpc) is 2.03. The highest BCUT2D eigenvalue weighted by atomic mass is 16.5. The van der Waals surface area contributed by atoms with Gasteiger partial charge in [-0.1, -0.05) is 12.2 Å². The first kappa shape index (κ1) is 7.65. The number of nitrogens with two attached hydrogens (primary N) is 1. The number of dihydropyridines is 1. The smallest absolute Gasteiger partial charge is 0.404 e. The maximum absolute atomic E-state index is 10.2. The van der Waals surface area contributed by atoms with Gasteiger partial charge >= 0.3 is 6.09 Å². The van der Waals surface area contributed by atoms with Gasteiger partial charge in [-0.3, -0.25) is 0 Å². The van der Waals surface area contributed by atoms with Gasteiger partial charge in [0.05, 0.1) is 6.04 Å². The number of amides is 1. The zero-order chi connectivity index (χ0) is 8.10. The van der Waals surface area contributed by atoms with Crippen molar-refractivity contribution in [1.82, 2.24) is 5.32 Å². The first-order valence-electron chi connectivity index (χ1n) is 3.30. The molecule has 60 valence electrons. The van der Waals surface area contributed by atoms with Crippen LogP contribution in [-0.4, -0.2) is 18.7 Å². The molecule has 1 aliphatic heterocycles. The van der Waals surface area contributed by atoms with E-state index in [2.05, 4.69) is 10.1 Å². The van der Waals surface area contributed by atoms with Crippen LogP contribution in [0, 0.1) is 0 Å². The van der Waals surface area contributed by atoms with E-state index in [0.29, 0.717) is 0 Å². The van der Waals surface area contributed by atoms with Crippen LogP contribution in [0.25, 0.3) is 0 Å². The molecule has 11 heavy (non-hydrogen) atoms. The predicted octanol–water partition coefficient (Wildman–Crippen LogP) is 0.123. The standard InChI is InChI=1S/C7H10N2O2/c8-7(10)11-5-6-3-1-2-4-9-6/h1-4,6,9H,5H2,(H2,8,10). The topological polar surface area (TPSA) is 64.4 Å². The largest absolute Gasteiger partial charge is 0.447 e. The maximum atomic E-state index is 10.2. The first-order valence-corrected chi connectivity index (χ1v) is 3.30. The van der Waals surface area contributed by atoms with Gasteiger partial charge < -0.3 is 15.8 Å². The van der Waals surface area contributed by atoms with Gasteiger partial charge in [0, 0.05) is 0 Å². The summed E-state index contributed by atoms with van der Waals surface area (Å²) in [6.07, 6.45) is 6.68. The fraction of sp³-hybridized carbons (Fsp3) is 0.286. The predicted molar refractivity (Wildman–Crippen MR) is 40.7 cm³/mol. The molecule has 1 aliphatic rings. The number of carbonyl (C=O) groups is 1. The summed E-state index contributed by atoms with van der Waals surface area (Å²) in [5.41, 5.74) is 4.78. The van der Waals surface area contributed by atoms with E-state index >= 15 is 0 Å². The zero-order valence-corrected chi connectivity index (χ0v) is 5.99. The van der Waals surface area contributed by atoms with E-state index in [0.717, 1.165) is 0 Å². The lowest BCUT2D eigenvalue weighted by atomic mass is 10.2. The van der Waals surface area contributed by atoms with Crippen LogP contribution in [0.5, 0.6) is 0 Å².